The van der Waals surface area contributed by atoms with Crippen LogP contribution < -0.4 is 10.5 Å². The number of allylic oxidation sites excluding steroid dienone is 1. The van der Waals surface area contributed by atoms with Gasteiger partial charge in [-0.2, -0.15) is 5.10 Å². The van der Waals surface area contributed by atoms with Crippen molar-refractivity contribution in [1.29, 1.82) is 0 Å². The van der Waals surface area contributed by atoms with Gasteiger partial charge in [-0.05, 0) is 61.7 Å². The Balaban J connectivity index is 1.49. The highest BCUT2D eigenvalue weighted by Gasteiger charge is 2.32. The smallest absolute Gasteiger partial charge is 0.164 e. The van der Waals surface area contributed by atoms with Gasteiger partial charge < -0.3 is 10.5 Å². The van der Waals surface area contributed by atoms with E-state index in [2.05, 4.69) is 16.5 Å². The van der Waals surface area contributed by atoms with Gasteiger partial charge in [0.05, 0.1) is 11.4 Å². The standard InChI is InChI=1S/C25H23N5O2/c1-2-21(31)17-8-11-18(14-17)30-25-22(24(26)27-15-28-25)23(29-30)16-9-12-20(13-10-16)32-19-6-4-3-5-7-19/h2-7,9-10,12-13,15,17-18H,1,8,11,14H2,(H2,26,27,28). The minimum Gasteiger partial charge on any atom is -0.457 e. The molecule has 2 N–H and O–H groups in total. The molecule has 5 rings (SSSR count). The third-order valence-electron chi connectivity index (χ3n) is 5.98. The Hall–Kier alpha value is -4.00. The zero-order valence-electron chi connectivity index (χ0n) is 17.5. The summed E-state index contributed by atoms with van der Waals surface area (Å²) in [4.78, 5) is 20.8. The summed E-state index contributed by atoms with van der Waals surface area (Å²) in [6.45, 7) is 3.62. The number of ketones is 1. The number of hydrogen-bond donors (Lipinski definition) is 1. The molecule has 7 heteroatoms. The van der Waals surface area contributed by atoms with Gasteiger partial charge in [-0.15, -0.1) is 0 Å². The fourth-order valence-corrected chi connectivity index (χ4v) is 4.36. The van der Waals surface area contributed by atoms with Crippen LogP contribution in [0.15, 0.2) is 73.6 Å². The normalized spacial score (nSPS) is 18.0. The van der Waals surface area contributed by atoms with Gasteiger partial charge in [0.1, 0.15) is 29.3 Å². The Bertz CT molecular complexity index is 1280. The molecule has 0 saturated heterocycles. The summed E-state index contributed by atoms with van der Waals surface area (Å²) < 4.78 is 7.81. The second kappa shape index (κ2) is 8.26. The lowest BCUT2D eigenvalue weighted by atomic mass is 10.0. The van der Waals surface area contributed by atoms with E-state index in [0.717, 1.165) is 47.4 Å². The van der Waals surface area contributed by atoms with Crippen molar-refractivity contribution in [2.45, 2.75) is 25.3 Å². The van der Waals surface area contributed by atoms with Crippen molar-refractivity contribution < 1.29 is 9.53 Å². The average molecular weight is 425 g/mol. The summed E-state index contributed by atoms with van der Waals surface area (Å²) in [6, 6.07) is 17.4. The number of aromatic nitrogens is 4. The first kappa shape index (κ1) is 19.9. The number of rotatable bonds is 6. The van der Waals surface area contributed by atoms with E-state index in [1.165, 1.54) is 12.4 Å². The predicted octanol–water partition coefficient (Wildman–Crippen LogP) is 4.96. The summed E-state index contributed by atoms with van der Waals surface area (Å²) in [5.41, 5.74) is 8.55. The number of carbonyl (C=O) groups is 1. The SMILES string of the molecule is C=CC(=O)C1CCC(n2nc(-c3ccc(Oc4ccccc4)cc3)c3c(N)ncnc32)C1. The highest BCUT2D eigenvalue weighted by Crippen LogP contribution is 2.39. The number of nitrogens with two attached hydrogens (primary N) is 1. The van der Waals surface area contributed by atoms with E-state index in [1.54, 1.807) is 0 Å². The van der Waals surface area contributed by atoms with Crippen molar-refractivity contribution in [2.75, 3.05) is 5.73 Å². The maximum Gasteiger partial charge on any atom is 0.164 e. The molecule has 1 aliphatic carbocycles. The zero-order valence-corrected chi connectivity index (χ0v) is 17.5. The van der Waals surface area contributed by atoms with Crippen LogP contribution in [0.4, 0.5) is 5.82 Å². The third kappa shape index (κ3) is 3.62. The maximum atomic E-state index is 12.1. The van der Waals surface area contributed by atoms with E-state index in [-0.39, 0.29) is 17.7 Å². The molecule has 1 aliphatic rings. The van der Waals surface area contributed by atoms with Crippen LogP contribution in [0.25, 0.3) is 22.3 Å². The van der Waals surface area contributed by atoms with Crippen molar-refractivity contribution >= 4 is 22.6 Å². The third-order valence-corrected chi connectivity index (χ3v) is 5.98. The molecule has 0 spiro atoms. The quantitative estimate of drug-likeness (QED) is 0.439. The lowest BCUT2D eigenvalue weighted by Gasteiger charge is -2.11. The van der Waals surface area contributed by atoms with Crippen LogP contribution >= 0.6 is 0 Å². The van der Waals surface area contributed by atoms with Gasteiger partial charge in [0, 0.05) is 11.5 Å². The Labute approximate surface area is 185 Å². The molecule has 2 atom stereocenters. The molecule has 2 aromatic carbocycles. The van der Waals surface area contributed by atoms with Crippen LogP contribution in [0.2, 0.25) is 0 Å². The Morgan fingerprint density at radius 1 is 1.06 bits per heavy atom. The number of ether oxygens (including phenoxy) is 1. The number of para-hydroxylation sites is 1. The molecule has 2 aromatic heterocycles. The number of anilines is 1. The summed E-state index contributed by atoms with van der Waals surface area (Å²) in [5.74, 6) is 1.96. The van der Waals surface area contributed by atoms with Crippen LogP contribution in [-0.4, -0.2) is 25.5 Å². The number of nitrogen functional groups attached to an aromatic ring is 1. The highest BCUT2D eigenvalue weighted by molar-refractivity contribution is 5.98. The van der Waals surface area contributed by atoms with Crippen LogP contribution in [0.5, 0.6) is 11.5 Å². The monoisotopic (exact) mass is 425 g/mol. The van der Waals surface area contributed by atoms with Crippen molar-refractivity contribution in [3.05, 3.63) is 73.6 Å². The lowest BCUT2D eigenvalue weighted by Crippen LogP contribution is -2.11. The van der Waals surface area contributed by atoms with E-state index in [1.807, 2.05) is 59.3 Å². The predicted molar refractivity (Wildman–Crippen MR) is 123 cm³/mol. The van der Waals surface area contributed by atoms with Gasteiger partial charge in [0.2, 0.25) is 0 Å². The molecule has 160 valence electrons. The molecule has 32 heavy (non-hydrogen) atoms. The summed E-state index contributed by atoms with van der Waals surface area (Å²) >= 11 is 0. The van der Waals surface area contributed by atoms with Gasteiger partial charge in [-0.3, -0.25) is 4.79 Å². The number of carbonyl (C=O) groups excluding carboxylic acids is 1. The molecule has 7 nitrogen and oxygen atoms in total. The van der Waals surface area contributed by atoms with E-state index in [4.69, 9.17) is 15.6 Å². The fraction of sp³-hybridized carbons (Fsp3) is 0.200. The first-order valence-corrected chi connectivity index (χ1v) is 10.6. The van der Waals surface area contributed by atoms with Gasteiger partial charge in [0.25, 0.3) is 0 Å². The second-order valence-corrected chi connectivity index (χ2v) is 7.96. The molecule has 2 heterocycles. The molecular weight excluding hydrogens is 402 g/mol. The first-order valence-electron chi connectivity index (χ1n) is 10.6. The van der Waals surface area contributed by atoms with E-state index < -0.39 is 0 Å². The molecule has 1 fully saturated rings. The van der Waals surface area contributed by atoms with E-state index >= 15 is 0 Å². The first-order chi connectivity index (χ1) is 15.6. The molecule has 0 radical (unpaired) electrons. The topological polar surface area (TPSA) is 95.9 Å². The van der Waals surface area contributed by atoms with E-state index in [9.17, 15) is 4.79 Å². The molecule has 0 bridgehead atoms. The Kier molecular flexibility index (Phi) is 5.15. The number of fused-ring (bicyclic) bond motifs is 1. The Morgan fingerprint density at radius 2 is 1.81 bits per heavy atom. The fourth-order valence-electron chi connectivity index (χ4n) is 4.36. The van der Waals surface area contributed by atoms with E-state index in [0.29, 0.717) is 11.5 Å². The largest absolute Gasteiger partial charge is 0.457 e. The summed E-state index contributed by atoms with van der Waals surface area (Å²) in [5, 5.41) is 5.62. The van der Waals surface area contributed by atoms with Crippen molar-refractivity contribution in [3.63, 3.8) is 0 Å². The van der Waals surface area contributed by atoms with Crippen LogP contribution in [0, 0.1) is 5.92 Å². The van der Waals surface area contributed by atoms with Gasteiger partial charge in [-0.1, -0.05) is 24.8 Å². The Morgan fingerprint density at radius 3 is 2.56 bits per heavy atom. The maximum absolute atomic E-state index is 12.1. The average Bonchev–Trinajstić information content (AvgIpc) is 3.46. The number of nitrogens with zero attached hydrogens (tertiary/aromatic N) is 4. The molecule has 1 saturated carbocycles. The zero-order chi connectivity index (χ0) is 22.1. The molecule has 2 unspecified atom stereocenters. The molecular formula is C25H23N5O2. The molecule has 4 aromatic rings. The molecule has 0 amide bonds. The van der Waals surface area contributed by atoms with Gasteiger partial charge in [0.15, 0.2) is 11.4 Å². The molecule has 0 aliphatic heterocycles. The highest BCUT2D eigenvalue weighted by atomic mass is 16.5. The number of benzene rings is 2. The van der Waals surface area contributed by atoms with Crippen LogP contribution in [0.1, 0.15) is 25.3 Å². The second-order valence-electron chi connectivity index (χ2n) is 7.96. The van der Waals surface area contributed by atoms with Crippen LogP contribution in [0.3, 0.4) is 0 Å². The minimum atomic E-state index is -0.0196. The van der Waals surface area contributed by atoms with Gasteiger partial charge >= 0.3 is 0 Å². The van der Waals surface area contributed by atoms with Crippen LogP contribution in [-0.2, 0) is 4.79 Å². The lowest BCUT2D eigenvalue weighted by molar-refractivity contribution is -0.118. The summed E-state index contributed by atoms with van der Waals surface area (Å²) in [7, 11) is 0. The van der Waals surface area contributed by atoms with Crippen molar-refractivity contribution in [3.8, 4) is 22.8 Å². The van der Waals surface area contributed by atoms with Crippen molar-refractivity contribution in [1.82, 2.24) is 19.7 Å². The number of hydrogen-bond acceptors (Lipinski definition) is 6. The van der Waals surface area contributed by atoms with Gasteiger partial charge in [-0.25, -0.2) is 14.6 Å². The van der Waals surface area contributed by atoms with Crippen molar-refractivity contribution in [2.24, 2.45) is 5.92 Å². The minimum absolute atomic E-state index is 0.0196. The summed E-state index contributed by atoms with van der Waals surface area (Å²) in [6.07, 6.45) is 5.26.